The zero-order chi connectivity index (χ0) is 17.3. The summed E-state index contributed by atoms with van der Waals surface area (Å²) in [6.45, 7) is 3.43. The minimum Gasteiger partial charge on any atom is -0.481 e. The Hall–Kier alpha value is -2.37. The fraction of sp³-hybridized carbons (Fsp3) is 0.500. The minimum atomic E-state index is -0.770. The molecule has 2 aliphatic heterocycles. The van der Waals surface area contributed by atoms with E-state index < -0.39 is 5.97 Å². The largest absolute Gasteiger partial charge is 0.481 e. The molecule has 1 aromatic rings. The Morgan fingerprint density at radius 1 is 1.17 bits per heavy atom. The SMILES string of the molecule is CC(=O)N1CCc2cc(C(=O)N3CCC(CC(=O)O)CC3)ccc21. The van der Waals surface area contributed by atoms with E-state index in [1.807, 2.05) is 12.1 Å². The number of aliphatic carboxylic acids is 1. The van der Waals surface area contributed by atoms with E-state index in [1.54, 1.807) is 22.8 Å². The number of likely N-dealkylation sites (tertiary alicyclic amines) is 1. The van der Waals surface area contributed by atoms with E-state index in [-0.39, 0.29) is 24.2 Å². The smallest absolute Gasteiger partial charge is 0.303 e. The topological polar surface area (TPSA) is 77.9 Å². The van der Waals surface area contributed by atoms with Crippen LogP contribution in [0, 0.1) is 5.92 Å². The highest BCUT2D eigenvalue weighted by Gasteiger charge is 2.27. The van der Waals surface area contributed by atoms with Crippen LogP contribution in [0.15, 0.2) is 18.2 Å². The molecular formula is C18H22N2O4. The molecular weight excluding hydrogens is 308 g/mol. The highest BCUT2D eigenvalue weighted by molar-refractivity contribution is 5.98. The van der Waals surface area contributed by atoms with Gasteiger partial charge in [-0.2, -0.15) is 0 Å². The van der Waals surface area contributed by atoms with Gasteiger partial charge in [-0.15, -0.1) is 0 Å². The Kier molecular flexibility index (Phi) is 4.55. The van der Waals surface area contributed by atoms with E-state index in [1.165, 1.54) is 0 Å². The Labute approximate surface area is 141 Å². The van der Waals surface area contributed by atoms with Crippen molar-refractivity contribution in [1.29, 1.82) is 0 Å². The highest BCUT2D eigenvalue weighted by Crippen LogP contribution is 2.30. The van der Waals surface area contributed by atoms with Crippen LogP contribution in [0.1, 0.15) is 42.1 Å². The Morgan fingerprint density at radius 3 is 2.50 bits per heavy atom. The van der Waals surface area contributed by atoms with Gasteiger partial charge in [0, 0.05) is 44.2 Å². The third kappa shape index (κ3) is 3.27. The van der Waals surface area contributed by atoms with Crippen LogP contribution >= 0.6 is 0 Å². The number of carboxylic acid groups (broad SMARTS) is 1. The summed E-state index contributed by atoms with van der Waals surface area (Å²) in [6, 6.07) is 5.53. The van der Waals surface area contributed by atoms with E-state index in [0.29, 0.717) is 25.2 Å². The summed E-state index contributed by atoms with van der Waals surface area (Å²) in [4.78, 5) is 38.6. The van der Waals surface area contributed by atoms with Crippen molar-refractivity contribution in [3.63, 3.8) is 0 Å². The number of hydrogen-bond acceptors (Lipinski definition) is 3. The summed E-state index contributed by atoms with van der Waals surface area (Å²) >= 11 is 0. The Balaban J connectivity index is 1.67. The minimum absolute atomic E-state index is 0.00662. The number of carbonyl (C=O) groups excluding carboxylic acids is 2. The van der Waals surface area contributed by atoms with Crippen LogP contribution in [0.2, 0.25) is 0 Å². The first-order valence-corrected chi connectivity index (χ1v) is 8.38. The number of carbonyl (C=O) groups is 3. The molecule has 3 rings (SSSR count). The summed E-state index contributed by atoms with van der Waals surface area (Å²) in [5, 5.41) is 8.86. The second kappa shape index (κ2) is 6.63. The number of carboxylic acids is 1. The van der Waals surface area contributed by atoms with Crippen LogP contribution in [-0.2, 0) is 16.0 Å². The summed E-state index contributed by atoms with van der Waals surface area (Å²) in [7, 11) is 0. The Bertz CT molecular complexity index is 678. The first-order valence-electron chi connectivity index (χ1n) is 8.38. The van der Waals surface area contributed by atoms with Crippen molar-refractivity contribution in [2.45, 2.75) is 32.6 Å². The molecule has 0 bridgehead atoms. The standard InChI is InChI=1S/C18H22N2O4/c1-12(21)20-9-6-14-11-15(2-3-16(14)20)18(24)19-7-4-13(5-8-19)10-17(22)23/h2-3,11,13H,4-10H2,1H3,(H,22,23). The van der Waals surface area contributed by atoms with Crippen molar-refractivity contribution in [2.75, 3.05) is 24.5 Å². The molecule has 2 amide bonds. The van der Waals surface area contributed by atoms with Gasteiger partial charge in [0.1, 0.15) is 0 Å². The van der Waals surface area contributed by atoms with E-state index in [9.17, 15) is 14.4 Å². The van der Waals surface area contributed by atoms with E-state index >= 15 is 0 Å². The van der Waals surface area contributed by atoms with Crippen molar-refractivity contribution in [2.24, 2.45) is 5.92 Å². The summed E-state index contributed by atoms with van der Waals surface area (Å²) in [5.74, 6) is -0.592. The first kappa shape index (κ1) is 16.5. The molecule has 0 atom stereocenters. The Morgan fingerprint density at radius 2 is 1.88 bits per heavy atom. The molecule has 0 aliphatic carbocycles. The molecule has 0 radical (unpaired) electrons. The maximum atomic E-state index is 12.7. The van der Waals surface area contributed by atoms with Gasteiger partial charge < -0.3 is 14.9 Å². The van der Waals surface area contributed by atoms with Gasteiger partial charge in [-0.25, -0.2) is 0 Å². The van der Waals surface area contributed by atoms with Crippen LogP contribution in [0.4, 0.5) is 5.69 Å². The fourth-order valence-electron chi connectivity index (χ4n) is 3.63. The summed E-state index contributed by atoms with van der Waals surface area (Å²) in [6.07, 6.45) is 2.43. The molecule has 1 N–H and O–H groups in total. The molecule has 6 nitrogen and oxygen atoms in total. The van der Waals surface area contributed by atoms with Gasteiger partial charge in [0.25, 0.3) is 5.91 Å². The van der Waals surface area contributed by atoms with Crippen LogP contribution in [0.3, 0.4) is 0 Å². The number of rotatable bonds is 3. The number of piperidine rings is 1. The maximum Gasteiger partial charge on any atom is 0.303 e. The van der Waals surface area contributed by atoms with E-state index in [0.717, 1.165) is 30.5 Å². The monoisotopic (exact) mass is 330 g/mol. The number of benzene rings is 1. The average Bonchev–Trinajstić information content (AvgIpc) is 2.97. The van der Waals surface area contributed by atoms with Crippen molar-refractivity contribution in [3.8, 4) is 0 Å². The number of fused-ring (bicyclic) bond motifs is 1. The molecule has 0 saturated carbocycles. The second-order valence-corrected chi connectivity index (χ2v) is 6.60. The quantitative estimate of drug-likeness (QED) is 0.918. The van der Waals surface area contributed by atoms with Crippen LogP contribution in [0.5, 0.6) is 0 Å². The predicted molar refractivity (Wildman–Crippen MR) is 89.1 cm³/mol. The van der Waals surface area contributed by atoms with Gasteiger partial charge in [0.15, 0.2) is 0 Å². The molecule has 1 saturated heterocycles. The lowest BCUT2D eigenvalue weighted by Gasteiger charge is -2.31. The van der Waals surface area contributed by atoms with Crippen LogP contribution in [-0.4, -0.2) is 47.4 Å². The van der Waals surface area contributed by atoms with Crippen molar-refractivity contribution < 1.29 is 19.5 Å². The van der Waals surface area contributed by atoms with Crippen molar-refractivity contribution in [3.05, 3.63) is 29.3 Å². The van der Waals surface area contributed by atoms with Crippen LogP contribution < -0.4 is 4.90 Å². The normalized spacial score (nSPS) is 17.7. The molecule has 6 heteroatoms. The third-order valence-electron chi connectivity index (χ3n) is 4.97. The molecule has 2 heterocycles. The lowest BCUT2D eigenvalue weighted by Crippen LogP contribution is -2.38. The van der Waals surface area contributed by atoms with Gasteiger partial charge in [-0.3, -0.25) is 14.4 Å². The average molecular weight is 330 g/mol. The summed E-state index contributed by atoms with van der Waals surface area (Å²) in [5.41, 5.74) is 2.59. The van der Waals surface area contributed by atoms with E-state index in [4.69, 9.17) is 5.11 Å². The lowest BCUT2D eigenvalue weighted by atomic mass is 9.93. The highest BCUT2D eigenvalue weighted by atomic mass is 16.4. The number of anilines is 1. The zero-order valence-electron chi connectivity index (χ0n) is 13.8. The first-order chi connectivity index (χ1) is 11.5. The summed E-state index contributed by atoms with van der Waals surface area (Å²) < 4.78 is 0. The molecule has 1 fully saturated rings. The number of nitrogens with zero attached hydrogens (tertiary/aromatic N) is 2. The molecule has 0 unspecified atom stereocenters. The van der Waals surface area contributed by atoms with Gasteiger partial charge >= 0.3 is 5.97 Å². The van der Waals surface area contributed by atoms with Crippen molar-refractivity contribution in [1.82, 2.24) is 4.90 Å². The van der Waals surface area contributed by atoms with Crippen molar-refractivity contribution >= 4 is 23.5 Å². The third-order valence-corrected chi connectivity index (χ3v) is 4.97. The molecule has 2 aliphatic rings. The van der Waals surface area contributed by atoms with E-state index in [2.05, 4.69) is 0 Å². The fourth-order valence-corrected chi connectivity index (χ4v) is 3.63. The molecule has 24 heavy (non-hydrogen) atoms. The predicted octanol–water partition coefficient (Wildman–Crippen LogP) is 1.92. The lowest BCUT2D eigenvalue weighted by molar-refractivity contribution is -0.138. The number of amides is 2. The van der Waals surface area contributed by atoms with Gasteiger partial charge in [-0.1, -0.05) is 0 Å². The second-order valence-electron chi connectivity index (χ2n) is 6.60. The molecule has 0 aromatic heterocycles. The number of hydrogen-bond donors (Lipinski definition) is 1. The maximum absolute atomic E-state index is 12.7. The molecule has 128 valence electrons. The molecule has 0 spiro atoms. The van der Waals surface area contributed by atoms with Crippen LogP contribution in [0.25, 0.3) is 0 Å². The van der Waals surface area contributed by atoms with Gasteiger partial charge in [-0.05, 0) is 48.9 Å². The molecule has 1 aromatic carbocycles. The zero-order valence-corrected chi connectivity index (χ0v) is 13.8. The van der Waals surface area contributed by atoms with Gasteiger partial charge in [0.2, 0.25) is 5.91 Å². The van der Waals surface area contributed by atoms with Gasteiger partial charge in [0.05, 0.1) is 0 Å².